The van der Waals surface area contributed by atoms with Gasteiger partial charge in [0.15, 0.2) is 0 Å². The first-order valence-corrected chi connectivity index (χ1v) is 6.72. The molecule has 3 rings (SSSR count). The van der Waals surface area contributed by atoms with Crippen molar-refractivity contribution < 1.29 is 0 Å². The molecule has 0 saturated carbocycles. The Balaban J connectivity index is 2.04. The normalized spacial score (nSPS) is 10.9. The van der Waals surface area contributed by atoms with Crippen LogP contribution in [0.1, 0.15) is 6.92 Å². The Morgan fingerprint density at radius 3 is 2.80 bits per heavy atom. The van der Waals surface area contributed by atoms with Gasteiger partial charge in [-0.15, -0.1) is 10.2 Å². The highest BCUT2D eigenvalue weighted by Crippen LogP contribution is 2.27. The number of benzene rings is 1. The van der Waals surface area contributed by atoms with Gasteiger partial charge in [-0.25, -0.2) is 4.68 Å². The summed E-state index contributed by atoms with van der Waals surface area (Å²) in [7, 11) is 0. The van der Waals surface area contributed by atoms with Crippen molar-refractivity contribution >= 4 is 23.2 Å². The van der Waals surface area contributed by atoms with Crippen molar-refractivity contribution in [2.45, 2.75) is 13.5 Å². The van der Waals surface area contributed by atoms with Crippen LogP contribution in [0.3, 0.4) is 0 Å². The smallest absolute Gasteiger partial charge is 0.209 e. The van der Waals surface area contributed by atoms with Crippen LogP contribution < -0.4 is 0 Å². The Labute approximate surface area is 124 Å². The van der Waals surface area contributed by atoms with Gasteiger partial charge in [-0.1, -0.05) is 29.3 Å². The van der Waals surface area contributed by atoms with Crippen LogP contribution in [0.15, 0.2) is 30.5 Å². The van der Waals surface area contributed by atoms with E-state index in [9.17, 15) is 0 Å². The van der Waals surface area contributed by atoms with E-state index in [1.165, 1.54) is 4.80 Å². The standard InChI is InChI=1S/C12H10Cl2N6/c1-2-19-17-12(16-18-19)10-7-15-20(11(10)14)9-5-3-4-8(13)6-9/h3-7H,2H2,1H3. The van der Waals surface area contributed by atoms with E-state index in [-0.39, 0.29) is 0 Å². The SMILES string of the molecule is CCn1nnc(-c2cnn(-c3cccc(Cl)c3)c2Cl)n1. The van der Waals surface area contributed by atoms with Crippen LogP contribution in [0.25, 0.3) is 17.1 Å². The fourth-order valence-corrected chi connectivity index (χ4v) is 2.22. The lowest BCUT2D eigenvalue weighted by Crippen LogP contribution is -1.98. The van der Waals surface area contributed by atoms with Gasteiger partial charge in [0.1, 0.15) is 5.15 Å². The van der Waals surface area contributed by atoms with Gasteiger partial charge in [-0.3, -0.25) is 0 Å². The van der Waals surface area contributed by atoms with Crippen molar-refractivity contribution in [1.82, 2.24) is 30.0 Å². The molecular weight excluding hydrogens is 299 g/mol. The summed E-state index contributed by atoms with van der Waals surface area (Å²) in [6.45, 7) is 2.58. The molecule has 0 aliphatic rings. The minimum atomic E-state index is 0.419. The van der Waals surface area contributed by atoms with Crippen LogP contribution in [0.4, 0.5) is 0 Å². The Kier molecular flexibility index (Phi) is 3.42. The quantitative estimate of drug-likeness (QED) is 0.746. The van der Waals surface area contributed by atoms with Gasteiger partial charge in [0.05, 0.1) is 24.0 Å². The number of halogens is 2. The predicted octanol–water partition coefficient (Wildman–Crippen LogP) is 2.85. The Bertz CT molecular complexity index is 748. The molecule has 0 atom stereocenters. The number of hydrogen-bond acceptors (Lipinski definition) is 4. The first-order chi connectivity index (χ1) is 9.69. The Morgan fingerprint density at radius 1 is 1.25 bits per heavy atom. The fraction of sp³-hybridized carbons (Fsp3) is 0.167. The van der Waals surface area contributed by atoms with E-state index in [0.29, 0.717) is 28.1 Å². The number of hydrogen-bond donors (Lipinski definition) is 0. The molecule has 0 spiro atoms. The molecule has 0 unspecified atom stereocenters. The molecule has 2 aromatic heterocycles. The maximum atomic E-state index is 6.34. The molecule has 6 nitrogen and oxygen atoms in total. The first-order valence-electron chi connectivity index (χ1n) is 5.96. The molecule has 102 valence electrons. The molecular formula is C12H10Cl2N6. The molecule has 2 heterocycles. The van der Waals surface area contributed by atoms with Gasteiger partial charge < -0.3 is 0 Å². The van der Waals surface area contributed by atoms with Crippen LogP contribution >= 0.6 is 23.2 Å². The molecule has 8 heteroatoms. The molecule has 0 radical (unpaired) electrons. The summed E-state index contributed by atoms with van der Waals surface area (Å²) < 4.78 is 1.58. The van der Waals surface area contributed by atoms with Crippen molar-refractivity contribution in [1.29, 1.82) is 0 Å². The van der Waals surface area contributed by atoms with E-state index in [0.717, 1.165) is 5.69 Å². The molecule has 3 aromatic rings. The van der Waals surface area contributed by atoms with E-state index >= 15 is 0 Å². The minimum Gasteiger partial charge on any atom is -0.221 e. The predicted molar refractivity (Wildman–Crippen MR) is 76.1 cm³/mol. The zero-order valence-corrected chi connectivity index (χ0v) is 12.0. The summed E-state index contributed by atoms with van der Waals surface area (Å²) in [6, 6.07) is 7.27. The fourth-order valence-electron chi connectivity index (χ4n) is 1.76. The molecule has 0 amide bonds. The van der Waals surface area contributed by atoms with Gasteiger partial charge in [-0.05, 0) is 30.3 Å². The van der Waals surface area contributed by atoms with Gasteiger partial charge in [-0.2, -0.15) is 9.90 Å². The summed E-state index contributed by atoms with van der Waals surface area (Å²) in [5.74, 6) is 0.449. The summed E-state index contributed by atoms with van der Waals surface area (Å²) in [5.41, 5.74) is 1.41. The zero-order chi connectivity index (χ0) is 14.1. The largest absolute Gasteiger partial charge is 0.221 e. The summed E-state index contributed by atoms with van der Waals surface area (Å²) >= 11 is 12.3. The highest BCUT2D eigenvalue weighted by Gasteiger charge is 2.16. The zero-order valence-electron chi connectivity index (χ0n) is 10.5. The number of tetrazole rings is 1. The average molecular weight is 309 g/mol. The molecule has 1 aromatic carbocycles. The van der Waals surface area contributed by atoms with Crippen LogP contribution in [-0.2, 0) is 6.54 Å². The van der Waals surface area contributed by atoms with Crippen molar-refractivity contribution in [3.8, 4) is 17.1 Å². The van der Waals surface area contributed by atoms with Gasteiger partial charge in [0.25, 0.3) is 0 Å². The van der Waals surface area contributed by atoms with Crippen molar-refractivity contribution in [2.24, 2.45) is 0 Å². The number of rotatable bonds is 3. The molecule has 0 saturated heterocycles. The third-order valence-electron chi connectivity index (χ3n) is 2.74. The molecule has 0 fully saturated rings. The van der Waals surface area contributed by atoms with Gasteiger partial charge >= 0.3 is 0 Å². The van der Waals surface area contributed by atoms with E-state index in [1.54, 1.807) is 23.0 Å². The second-order valence-electron chi connectivity index (χ2n) is 4.04. The van der Waals surface area contributed by atoms with Gasteiger partial charge in [0.2, 0.25) is 5.82 Å². The highest BCUT2D eigenvalue weighted by atomic mass is 35.5. The molecule has 20 heavy (non-hydrogen) atoms. The molecule has 0 bridgehead atoms. The average Bonchev–Trinajstić information content (AvgIpc) is 3.04. The second kappa shape index (κ2) is 5.22. The third-order valence-corrected chi connectivity index (χ3v) is 3.34. The maximum Gasteiger partial charge on any atom is 0.209 e. The van der Waals surface area contributed by atoms with E-state index in [1.807, 2.05) is 19.1 Å². The van der Waals surface area contributed by atoms with Crippen LogP contribution in [0.5, 0.6) is 0 Å². The Hall–Kier alpha value is -1.92. The number of aryl methyl sites for hydroxylation is 1. The van der Waals surface area contributed by atoms with Crippen LogP contribution in [0.2, 0.25) is 10.2 Å². The summed E-state index contributed by atoms with van der Waals surface area (Å²) in [4.78, 5) is 1.49. The van der Waals surface area contributed by atoms with Crippen LogP contribution in [-0.4, -0.2) is 30.0 Å². The molecule has 0 aliphatic heterocycles. The Morgan fingerprint density at radius 2 is 2.10 bits per heavy atom. The molecule has 0 N–H and O–H groups in total. The minimum absolute atomic E-state index is 0.419. The topological polar surface area (TPSA) is 61.4 Å². The van der Waals surface area contributed by atoms with Crippen molar-refractivity contribution in [3.05, 3.63) is 40.6 Å². The van der Waals surface area contributed by atoms with E-state index < -0.39 is 0 Å². The van der Waals surface area contributed by atoms with E-state index in [4.69, 9.17) is 23.2 Å². The number of aromatic nitrogens is 6. The maximum absolute atomic E-state index is 6.34. The van der Waals surface area contributed by atoms with Crippen molar-refractivity contribution in [3.63, 3.8) is 0 Å². The number of nitrogens with zero attached hydrogens (tertiary/aromatic N) is 6. The van der Waals surface area contributed by atoms with E-state index in [2.05, 4.69) is 20.5 Å². The highest BCUT2D eigenvalue weighted by molar-refractivity contribution is 6.32. The monoisotopic (exact) mass is 308 g/mol. The van der Waals surface area contributed by atoms with Crippen LogP contribution in [0, 0.1) is 0 Å². The lowest BCUT2D eigenvalue weighted by molar-refractivity contribution is 0.553. The lowest BCUT2D eigenvalue weighted by atomic mass is 10.3. The summed E-state index contributed by atoms with van der Waals surface area (Å²) in [6.07, 6.45) is 1.61. The van der Waals surface area contributed by atoms with Gasteiger partial charge in [0, 0.05) is 5.02 Å². The lowest BCUT2D eigenvalue weighted by Gasteiger charge is -2.03. The second-order valence-corrected chi connectivity index (χ2v) is 4.84. The molecule has 0 aliphatic carbocycles. The third kappa shape index (κ3) is 2.28. The summed E-state index contributed by atoms with van der Waals surface area (Å²) in [5, 5.41) is 17.4. The van der Waals surface area contributed by atoms with Crippen molar-refractivity contribution in [2.75, 3.05) is 0 Å². The first kappa shape index (κ1) is 13.1.